The number of nitrogens with zero attached hydrogens (tertiary/aromatic N) is 1. The molecule has 1 nitrogen and oxygen atoms in total. The molecule has 0 bridgehead atoms. The second kappa shape index (κ2) is 14.9. The van der Waals surface area contributed by atoms with Gasteiger partial charge in [-0.15, -0.1) is 0 Å². The number of benzene rings is 9. The average Bonchev–Trinajstić information content (AvgIpc) is 3.32. The molecule has 59 heavy (non-hydrogen) atoms. The summed E-state index contributed by atoms with van der Waals surface area (Å²) in [6.45, 7) is 0. The van der Waals surface area contributed by atoms with Gasteiger partial charge in [0.05, 0.1) is 5.69 Å². The molecule has 0 saturated carbocycles. The Morgan fingerprint density at radius 2 is 1.10 bits per heavy atom. The zero-order chi connectivity index (χ0) is 39.1. The maximum atomic E-state index is 2.53. The van der Waals surface area contributed by atoms with Crippen molar-refractivity contribution in [3.05, 3.63) is 229 Å². The van der Waals surface area contributed by atoms with Gasteiger partial charge in [-0.2, -0.15) is 0 Å². The van der Waals surface area contributed by atoms with Crippen molar-refractivity contribution in [2.75, 3.05) is 4.90 Å². The lowest BCUT2D eigenvalue weighted by molar-refractivity contribution is 0.932. The van der Waals surface area contributed by atoms with E-state index < -0.39 is 0 Å². The summed E-state index contributed by atoms with van der Waals surface area (Å²) in [5.74, 6) is 0. The fraction of sp³-hybridized carbons (Fsp3) is 0.0690. The Morgan fingerprint density at radius 3 is 1.85 bits per heavy atom. The third-order valence-electron chi connectivity index (χ3n) is 12.4. The van der Waals surface area contributed by atoms with Crippen LogP contribution in [0, 0.1) is 0 Å². The van der Waals surface area contributed by atoms with Gasteiger partial charge >= 0.3 is 0 Å². The van der Waals surface area contributed by atoms with E-state index in [1.165, 1.54) is 105 Å². The van der Waals surface area contributed by atoms with Crippen LogP contribution >= 0.6 is 0 Å². The summed E-state index contributed by atoms with van der Waals surface area (Å²) in [5.41, 5.74) is 14.0. The summed E-state index contributed by atoms with van der Waals surface area (Å²) in [5, 5.41) is 10.3. The molecule has 11 rings (SSSR count). The third kappa shape index (κ3) is 6.18. The third-order valence-corrected chi connectivity index (χ3v) is 12.4. The van der Waals surface area contributed by atoms with Gasteiger partial charge in [0.25, 0.3) is 0 Å². The van der Waals surface area contributed by atoms with Crippen LogP contribution in [0.2, 0.25) is 0 Å². The molecule has 0 spiro atoms. The Labute approximate surface area is 346 Å². The lowest BCUT2D eigenvalue weighted by atomic mass is 9.79. The van der Waals surface area contributed by atoms with Crippen LogP contribution in [0.4, 0.5) is 11.4 Å². The number of rotatable bonds is 7. The molecule has 0 N–H and O–H groups in total. The van der Waals surface area contributed by atoms with Crippen molar-refractivity contribution in [3.8, 4) is 22.3 Å². The van der Waals surface area contributed by atoms with Crippen LogP contribution in [0.3, 0.4) is 0 Å². The minimum absolute atomic E-state index is 0.912. The largest absolute Gasteiger partial charge is 0.314 e. The lowest BCUT2D eigenvalue weighted by Gasteiger charge is -2.31. The summed E-state index contributed by atoms with van der Waals surface area (Å²) >= 11 is 0. The number of fused-ring (bicyclic) bond motifs is 7. The van der Waals surface area contributed by atoms with Crippen molar-refractivity contribution in [2.24, 2.45) is 0 Å². The average molecular weight is 754 g/mol. The Balaban J connectivity index is 1.20. The first-order valence-electron chi connectivity index (χ1n) is 21.0. The van der Waals surface area contributed by atoms with E-state index in [1.807, 2.05) is 0 Å². The van der Waals surface area contributed by atoms with Gasteiger partial charge in [-0.3, -0.25) is 0 Å². The number of anilines is 2. The van der Waals surface area contributed by atoms with Crippen molar-refractivity contribution in [3.63, 3.8) is 0 Å². The van der Waals surface area contributed by atoms with Crippen LogP contribution < -0.4 is 4.90 Å². The van der Waals surface area contributed by atoms with Gasteiger partial charge in [-0.25, -0.2) is 0 Å². The highest BCUT2D eigenvalue weighted by Gasteiger charge is 2.25. The van der Waals surface area contributed by atoms with Crippen LogP contribution in [0.25, 0.3) is 76.5 Å². The number of hydrogen-bond donors (Lipinski definition) is 0. The van der Waals surface area contributed by atoms with Gasteiger partial charge in [-0.1, -0.05) is 176 Å². The highest BCUT2D eigenvalue weighted by Crippen LogP contribution is 2.49. The van der Waals surface area contributed by atoms with Crippen LogP contribution in [0.5, 0.6) is 0 Å². The van der Waals surface area contributed by atoms with Crippen LogP contribution in [-0.2, 0) is 0 Å². The molecule has 0 aliphatic heterocycles. The predicted octanol–water partition coefficient (Wildman–Crippen LogP) is 16.3. The summed E-state index contributed by atoms with van der Waals surface area (Å²) in [6.07, 6.45) is 15.9. The van der Waals surface area contributed by atoms with E-state index in [0.29, 0.717) is 0 Å². The first-order chi connectivity index (χ1) is 29.3. The summed E-state index contributed by atoms with van der Waals surface area (Å²) in [7, 11) is 0. The fourth-order valence-electron chi connectivity index (χ4n) is 9.64. The molecule has 0 aromatic heterocycles. The molecule has 0 unspecified atom stereocenters. The normalized spacial score (nSPS) is 14.1. The van der Waals surface area contributed by atoms with Gasteiger partial charge in [0.1, 0.15) is 0 Å². The highest BCUT2D eigenvalue weighted by atomic mass is 15.1. The molecule has 0 amide bonds. The number of allylic oxidation sites excluding steroid dienone is 8. The second-order valence-corrected chi connectivity index (χ2v) is 15.8. The molecule has 280 valence electrons. The first-order valence-corrected chi connectivity index (χ1v) is 21.0. The molecule has 1 heteroatoms. The summed E-state index contributed by atoms with van der Waals surface area (Å²) in [4.78, 5) is 2.47. The molecule has 9 aromatic carbocycles. The van der Waals surface area contributed by atoms with E-state index in [1.54, 1.807) is 0 Å². The van der Waals surface area contributed by atoms with Crippen molar-refractivity contribution in [1.29, 1.82) is 0 Å². The molecule has 0 atom stereocenters. The first kappa shape index (κ1) is 35.0. The standard InChI is InChI=1S/C58H43N/c1-5-18-40(19-6-1)45-34-37-51-54(38-45)49-29-15-16-30-50(49)57-53(39-52(42-20-7-2-8-21-42)56(58(51)57)44-23-9-3-10-24-44)43-32-35-47(36-33-43)59(46-26-11-4-12-27-46)55-31-17-25-41-22-13-14-28-48(41)55/h1,3-7,9-32,34-35,37-39H,2,8,33,36H2. The molecule has 2 aliphatic carbocycles. The maximum Gasteiger partial charge on any atom is 0.0536 e. The minimum Gasteiger partial charge on any atom is -0.314 e. The van der Waals surface area contributed by atoms with E-state index >= 15 is 0 Å². The molecule has 0 fully saturated rings. The predicted molar refractivity (Wildman–Crippen MR) is 254 cm³/mol. The van der Waals surface area contributed by atoms with Crippen LogP contribution in [0.1, 0.15) is 36.8 Å². The Kier molecular flexibility index (Phi) is 8.86. The highest BCUT2D eigenvalue weighted by molar-refractivity contribution is 6.31. The maximum absolute atomic E-state index is 2.53. The fourth-order valence-corrected chi connectivity index (χ4v) is 9.64. The van der Waals surface area contributed by atoms with Crippen molar-refractivity contribution >= 4 is 65.6 Å². The Bertz CT molecular complexity index is 3180. The van der Waals surface area contributed by atoms with E-state index in [9.17, 15) is 0 Å². The SMILES string of the molecule is C1=CC(c2cc(C3=CC=C(N(c4ccccc4)c4cccc5ccccc45)CC3)c3c4ccccc4c4cc(-c5ccccc5)ccc4c3c2-c2ccccc2)=CCC1. The molecular formula is C58H43N. The van der Waals surface area contributed by atoms with Gasteiger partial charge in [0.2, 0.25) is 0 Å². The molecule has 0 heterocycles. The van der Waals surface area contributed by atoms with Gasteiger partial charge < -0.3 is 4.90 Å². The van der Waals surface area contributed by atoms with Crippen molar-refractivity contribution < 1.29 is 0 Å². The lowest BCUT2D eigenvalue weighted by Crippen LogP contribution is -2.18. The monoisotopic (exact) mass is 753 g/mol. The zero-order valence-corrected chi connectivity index (χ0v) is 33.0. The molecule has 0 saturated heterocycles. The summed E-state index contributed by atoms with van der Waals surface area (Å²) < 4.78 is 0. The summed E-state index contributed by atoms with van der Waals surface area (Å²) in [6, 6.07) is 66.9. The van der Waals surface area contributed by atoms with E-state index in [0.717, 1.165) is 25.7 Å². The number of para-hydroxylation sites is 1. The van der Waals surface area contributed by atoms with Crippen LogP contribution in [-0.4, -0.2) is 0 Å². The minimum atomic E-state index is 0.912. The Hall–Kier alpha value is -7.22. The Morgan fingerprint density at radius 1 is 0.424 bits per heavy atom. The van der Waals surface area contributed by atoms with Crippen molar-refractivity contribution in [1.82, 2.24) is 0 Å². The van der Waals surface area contributed by atoms with Gasteiger partial charge in [0.15, 0.2) is 0 Å². The number of hydrogen-bond acceptors (Lipinski definition) is 1. The topological polar surface area (TPSA) is 3.24 Å². The molecule has 9 aromatic rings. The smallest absolute Gasteiger partial charge is 0.0536 e. The zero-order valence-electron chi connectivity index (χ0n) is 33.0. The van der Waals surface area contributed by atoms with E-state index in [-0.39, 0.29) is 0 Å². The van der Waals surface area contributed by atoms with E-state index in [4.69, 9.17) is 0 Å². The molecule has 0 radical (unpaired) electrons. The van der Waals surface area contributed by atoms with E-state index in [2.05, 4.69) is 217 Å². The van der Waals surface area contributed by atoms with Crippen LogP contribution in [0.15, 0.2) is 218 Å². The quantitative estimate of drug-likeness (QED) is 0.147. The van der Waals surface area contributed by atoms with Gasteiger partial charge in [-0.05, 0) is 144 Å². The molecular weight excluding hydrogens is 711 g/mol. The second-order valence-electron chi connectivity index (χ2n) is 15.8. The van der Waals surface area contributed by atoms with Gasteiger partial charge in [0, 0.05) is 16.8 Å². The van der Waals surface area contributed by atoms with Crippen molar-refractivity contribution in [2.45, 2.75) is 25.7 Å². The molecule has 2 aliphatic rings.